The van der Waals surface area contributed by atoms with Gasteiger partial charge in [-0.3, -0.25) is 4.79 Å². The molecule has 6 heteroatoms. The Morgan fingerprint density at radius 1 is 0.882 bits per heavy atom. The fourth-order valence-electron chi connectivity index (χ4n) is 3.60. The highest BCUT2D eigenvalue weighted by atomic mass is 16.5. The highest BCUT2D eigenvalue weighted by Crippen LogP contribution is 2.36. The van der Waals surface area contributed by atoms with Crippen LogP contribution in [0, 0.1) is 0 Å². The summed E-state index contributed by atoms with van der Waals surface area (Å²) >= 11 is 0. The van der Waals surface area contributed by atoms with Crippen molar-refractivity contribution < 1.29 is 28.5 Å². The monoisotopic (exact) mass is 458 g/mol. The van der Waals surface area contributed by atoms with Gasteiger partial charge >= 0.3 is 5.97 Å². The first kappa shape index (κ1) is 23.1. The molecule has 0 aliphatic carbocycles. The largest absolute Gasteiger partial charge is 0.493 e. The van der Waals surface area contributed by atoms with Crippen LogP contribution < -0.4 is 18.9 Å². The predicted molar refractivity (Wildman–Crippen MR) is 129 cm³/mol. The van der Waals surface area contributed by atoms with E-state index in [1.807, 2.05) is 12.1 Å². The summed E-state index contributed by atoms with van der Waals surface area (Å²) in [4.78, 5) is 25.4. The van der Waals surface area contributed by atoms with Crippen LogP contribution in [0.4, 0.5) is 0 Å². The summed E-state index contributed by atoms with van der Waals surface area (Å²) in [6.07, 6.45) is 1.63. The fourth-order valence-corrected chi connectivity index (χ4v) is 3.60. The first-order valence-corrected chi connectivity index (χ1v) is 10.8. The molecule has 0 bridgehead atoms. The summed E-state index contributed by atoms with van der Waals surface area (Å²) in [5, 5.41) is 0. The van der Waals surface area contributed by atoms with Crippen LogP contribution >= 0.6 is 0 Å². The smallest absolute Gasteiger partial charge is 0.343 e. The highest BCUT2D eigenvalue weighted by Gasteiger charge is 2.28. The molecule has 0 saturated heterocycles. The molecule has 1 heterocycles. The van der Waals surface area contributed by atoms with E-state index in [4.69, 9.17) is 18.9 Å². The van der Waals surface area contributed by atoms with Crippen LogP contribution in [0.15, 0.2) is 66.4 Å². The summed E-state index contributed by atoms with van der Waals surface area (Å²) in [6, 6.07) is 17.4. The number of Topliss-reactive ketones (excluding diaryl/α,β-unsaturated/α-hetero) is 1. The van der Waals surface area contributed by atoms with Crippen molar-refractivity contribution in [2.45, 2.75) is 26.2 Å². The second-order valence-electron chi connectivity index (χ2n) is 8.93. The molecule has 1 aliphatic rings. The van der Waals surface area contributed by atoms with Gasteiger partial charge in [-0.1, -0.05) is 39.0 Å². The standard InChI is InChI=1S/C28H26O6/c1-28(2,3)19-9-7-18(8-10-19)27(30)33-20-11-12-21-23(16-20)34-25(26(21)29)15-17-6-13-22(31-4)24(14-17)32-5/h6-16H,1-5H3. The van der Waals surface area contributed by atoms with Gasteiger partial charge in [-0.15, -0.1) is 0 Å². The maximum atomic E-state index is 12.8. The second-order valence-corrected chi connectivity index (χ2v) is 8.93. The molecule has 0 amide bonds. The Bertz CT molecular complexity index is 1280. The number of allylic oxidation sites excluding steroid dienone is 1. The van der Waals surface area contributed by atoms with Crippen LogP contribution in [0.5, 0.6) is 23.0 Å². The van der Waals surface area contributed by atoms with Gasteiger partial charge in [0.2, 0.25) is 5.78 Å². The van der Waals surface area contributed by atoms with E-state index in [0.717, 1.165) is 11.1 Å². The van der Waals surface area contributed by atoms with Crippen LogP contribution in [0.3, 0.4) is 0 Å². The van der Waals surface area contributed by atoms with Gasteiger partial charge in [-0.2, -0.15) is 0 Å². The lowest BCUT2D eigenvalue weighted by Gasteiger charge is -2.18. The molecule has 0 unspecified atom stereocenters. The van der Waals surface area contributed by atoms with Crippen molar-refractivity contribution in [2.24, 2.45) is 0 Å². The minimum absolute atomic E-state index is 0.00549. The van der Waals surface area contributed by atoms with Crippen LogP contribution in [0.25, 0.3) is 6.08 Å². The minimum Gasteiger partial charge on any atom is -0.493 e. The number of hydrogen-bond donors (Lipinski definition) is 0. The third-order valence-electron chi connectivity index (χ3n) is 5.54. The topological polar surface area (TPSA) is 71.1 Å². The quantitative estimate of drug-likeness (QED) is 0.272. The summed E-state index contributed by atoms with van der Waals surface area (Å²) in [5.74, 6) is 1.21. The Labute approximate surface area is 198 Å². The van der Waals surface area contributed by atoms with Gasteiger partial charge in [0.05, 0.1) is 25.3 Å². The van der Waals surface area contributed by atoms with E-state index in [2.05, 4.69) is 20.8 Å². The number of fused-ring (bicyclic) bond motifs is 1. The van der Waals surface area contributed by atoms with Gasteiger partial charge in [0, 0.05) is 6.07 Å². The number of esters is 1. The molecule has 34 heavy (non-hydrogen) atoms. The molecule has 0 N–H and O–H groups in total. The van der Waals surface area contributed by atoms with Crippen molar-refractivity contribution in [1.29, 1.82) is 0 Å². The molecule has 0 saturated carbocycles. The summed E-state index contributed by atoms with van der Waals surface area (Å²) in [5.41, 5.74) is 2.69. The Hall–Kier alpha value is -4.06. The van der Waals surface area contributed by atoms with E-state index in [0.29, 0.717) is 34.1 Å². The molecular weight excluding hydrogens is 432 g/mol. The Morgan fingerprint density at radius 2 is 1.59 bits per heavy atom. The Morgan fingerprint density at radius 3 is 2.24 bits per heavy atom. The van der Waals surface area contributed by atoms with Crippen molar-refractivity contribution in [3.8, 4) is 23.0 Å². The Kier molecular flexibility index (Phi) is 6.16. The van der Waals surface area contributed by atoms with Gasteiger partial charge in [-0.05, 0) is 59.0 Å². The van der Waals surface area contributed by atoms with E-state index in [-0.39, 0.29) is 17.0 Å². The number of ether oxygens (including phenoxy) is 4. The van der Waals surface area contributed by atoms with Crippen molar-refractivity contribution >= 4 is 17.8 Å². The lowest BCUT2D eigenvalue weighted by molar-refractivity contribution is 0.0734. The molecule has 0 radical (unpaired) electrons. The average molecular weight is 459 g/mol. The number of rotatable bonds is 5. The maximum Gasteiger partial charge on any atom is 0.343 e. The predicted octanol–water partition coefficient (Wildman–Crippen LogP) is 5.84. The van der Waals surface area contributed by atoms with Crippen molar-refractivity contribution in [1.82, 2.24) is 0 Å². The Balaban J connectivity index is 1.51. The van der Waals surface area contributed by atoms with Crippen LogP contribution in [-0.4, -0.2) is 26.0 Å². The maximum absolute atomic E-state index is 12.8. The first-order valence-electron chi connectivity index (χ1n) is 10.8. The highest BCUT2D eigenvalue weighted by molar-refractivity contribution is 6.14. The molecular formula is C28H26O6. The molecule has 3 aromatic rings. The van der Waals surface area contributed by atoms with Gasteiger partial charge in [0.15, 0.2) is 17.3 Å². The van der Waals surface area contributed by atoms with E-state index in [1.165, 1.54) is 0 Å². The van der Waals surface area contributed by atoms with Crippen molar-refractivity contribution in [3.63, 3.8) is 0 Å². The number of methoxy groups -OCH3 is 2. The first-order chi connectivity index (χ1) is 16.2. The molecule has 0 spiro atoms. The number of carbonyl (C=O) groups excluding carboxylic acids is 2. The SMILES string of the molecule is COc1ccc(C=C2Oc3cc(OC(=O)c4ccc(C(C)(C)C)cc4)ccc3C2=O)cc1OC. The molecule has 1 aliphatic heterocycles. The number of hydrogen-bond acceptors (Lipinski definition) is 6. The zero-order valence-corrected chi connectivity index (χ0v) is 19.8. The lowest BCUT2D eigenvalue weighted by atomic mass is 9.87. The zero-order chi connectivity index (χ0) is 24.5. The second kappa shape index (κ2) is 9.06. The normalized spacial score (nSPS) is 13.9. The van der Waals surface area contributed by atoms with Crippen LogP contribution in [0.1, 0.15) is 52.6 Å². The summed E-state index contributed by atoms with van der Waals surface area (Å²) in [7, 11) is 3.10. The zero-order valence-electron chi connectivity index (χ0n) is 19.8. The van der Waals surface area contributed by atoms with Gasteiger partial charge in [0.25, 0.3) is 0 Å². The van der Waals surface area contributed by atoms with Crippen LogP contribution in [0.2, 0.25) is 0 Å². The molecule has 0 aromatic heterocycles. The van der Waals surface area contributed by atoms with Crippen molar-refractivity contribution in [2.75, 3.05) is 14.2 Å². The van der Waals surface area contributed by atoms with E-state index >= 15 is 0 Å². The van der Waals surface area contributed by atoms with Gasteiger partial charge in [0.1, 0.15) is 11.5 Å². The van der Waals surface area contributed by atoms with E-state index in [1.54, 1.807) is 68.8 Å². The molecule has 0 fully saturated rings. The third-order valence-corrected chi connectivity index (χ3v) is 5.54. The number of ketones is 1. The summed E-state index contributed by atoms with van der Waals surface area (Å²) < 4.78 is 21.9. The third kappa shape index (κ3) is 4.66. The van der Waals surface area contributed by atoms with Crippen molar-refractivity contribution in [3.05, 3.63) is 88.7 Å². The molecule has 3 aromatic carbocycles. The van der Waals surface area contributed by atoms with E-state index in [9.17, 15) is 9.59 Å². The van der Waals surface area contributed by atoms with Crippen LogP contribution in [-0.2, 0) is 5.41 Å². The lowest BCUT2D eigenvalue weighted by Crippen LogP contribution is -2.12. The van der Waals surface area contributed by atoms with E-state index < -0.39 is 5.97 Å². The number of carbonyl (C=O) groups is 2. The number of benzene rings is 3. The average Bonchev–Trinajstić information content (AvgIpc) is 3.12. The molecule has 6 nitrogen and oxygen atoms in total. The minimum atomic E-state index is -0.481. The summed E-state index contributed by atoms with van der Waals surface area (Å²) in [6.45, 7) is 6.33. The fraction of sp³-hybridized carbons (Fsp3) is 0.214. The van der Waals surface area contributed by atoms with Gasteiger partial charge in [-0.25, -0.2) is 4.79 Å². The molecule has 174 valence electrons. The molecule has 4 rings (SSSR count). The molecule has 0 atom stereocenters. The van der Waals surface area contributed by atoms with Gasteiger partial charge < -0.3 is 18.9 Å².